The van der Waals surface area contributed by atoms with Gasteiger partial charge in [-0.25, -0.2) is 4.98 Å². The minimum absolute atomic E-state index is 0.849. The molecule has 0 amide bonds. The van der Waals surface area contributed by atoms with E-state index in [1.165, 1.54) is 12.1 Å². The molecule has 1 rings (SSSR count). The lowest BCUT2D eigenvalue weighted by molar-refractivity contribution is 0.128. The first-order valence-electron chi connectivity index (χ1n) is 7.13. The van der Waals surface area contributed by atoms with E-state index >= 15 is 0 Å². The number of hydrogen-bond acceptors (Lipinski definition) is 4. The smallest absolute Gasteiger partial charge is 0.204 e. The van der Waals surface area contributed by atoms with Crippen LogP contribution in [-0.2, 0) is 18.3 Å². The van der Waals surface area contributed by atoms with Crippen molar-refractivity contribution in [1.29, 1.82) is 0 Å². The molecule has 0 atom stereocenters. The highest BCUT2D eigenvalue weighted by Crippen LogP contribution is 2.10. The molecule has 0 radical (unpaired) electrons. The molecular weight excluding hydrogens is 240 g/mol. The van der Waals surface area contributed by atoms with Crippen molar-refractivity contribution in [2.75, 3.05) is 38.8 Å². The van der Waals surface area contributed by atoms with Gasteiger partial charge in [0.25, 0.3) is 0 Å². The number of rotatable bonds is 10. The number of imidazole rings is 1. The fourth-order valence-corrected chi connectivity index (χ4v) is 1.88. The topological polar surface area (TPSA) is 42.3 Å². The van der Waals surface area contributed by atoms with Gasteiger partial charge in [-0.15, -0.1) is 0 Å². The fourth-order valence-electron chi connectivity index (χ4n) is 1.88. The summed E-state index contributed by atoms with van der Waals surface area (Å²) in [6.45, 7) is 5.76. The summed E-state index contributed by atoms with van der Waals surface area (Å²) >= 11 is 0. The Balaban J connectivity index is 2.13. The van der Waals surface area contributed by atoms with Crippen LogP contribution in [0.4, 0.5) is 5.95 Å². The fraction of sp³-hybridized carbons (Fsp3) is 0.786. The Morgan fingerprint density at radius 1 is 1.32 bits per heavy atom. The average Bonchev–Trinajstić information content (AvgIpc) is 2.74. The molecule has 5 nitrogen and oxygen atoms in total. The minimum atomic E-state index is 0.849. The van der Waals surface area contributed by atoms with E-state index in [1.807, 2.05) is 32.2 Å². The lowest BCUT2D eigenvalue weighted by Crippen LogP contribution is -2.19. The Morgan fingerprint density at radius 3 is 2.68 bits per heavy atom. The Labute approximate surface area is 117 Å². The van der Waals surface area contributed by atoms with Crippen LogP contribution < -0.4 is 10.2 Å². The molecule has 0 saturated heterocycles. The van der Waals surface area contributed by atoms with Crippen molar-refractivity contribution in [3.05, 3.63) is 11.9 Å². The molecule has 0 aliphatic rings. The Kier molecular flexibility index (Phi) is 7.52. The van der Waals surface area contributed by atoms with Crippen molar-refractivity contribution in [2.45, 2.75) is 32.7 Å². The lowest BCUT2D eigenvalue weighted by Gasteiger charge is -2.12. The Morgan fingerprint density at radius 2 is 2.05 bits per heavy atom. The quantitative estimate of drug-likeness (QED) is 0.657. The second-order valence-corrected chi connectivity index (χ2v) is 5.00. The summed E-state index contributed by atoms with van der Waals surface area (Å²) in [6.07, 6.45) is 5.35. The molecule has 5 heteroatoms. The molecule has 110 valence electrons. The van der Waals surface area contributed by atoms with Gasteiger partial charge in [0.1, 0.15) is 0 Å². The first-order chi connectivity index (χ1) is 9.16. The van der Waals surface area contributed by atoms with Crippen molar-refractivity contribution >= 4 is 5.95 Å². The highest BCUT2D eigenvalue weighted by molar-refractivity contribution is 5.30. The van der Waals surface area contributed by atoms with Gasteiger partial charge >= 0.3 is 0 Å². The first-order valence-corrected chi connectivity index (χ1v) is 7.13. The zero-order valence-corrected chi connectivity index (χ0v) is 12.8. The van der Waals surface area contributed by atoms with Crippen LogP contribution >= 0.6 is 0 Å². The third-order valence-corrected chi connectivity index (χ3v) is 3.05. The summed E-state index contributed by atoms with van der Waals surface area (Å²) in [6, 6.07) is 0. The molecule has 1 aromatic rings. The van der Waals surface area contributed by atoms with Gasteiger partial charge in [0.2, 0.25) is 5.95 Å². The molecule has 0 unspecified atom stereocenters. The molecule has 0 saturated carbocycles. The van der Waals surface area contributed by atoms with E-state index in [-0.39, 0.29) is 0 Å². The number of anilines is 1. The van der Waals surface area contributed by atoms with Gasteiger partial charge in [0.15, 0.2) is 0 Å². The zero-order chi connectivity index (χ0) is 14.1. The molecule has 1 heterocycles. The van der Waals surface area contributed by atoms with Crippen molar-refractivity contribution in [3.8, 4) is 0 Å². The number of hydrogen-bond donors (Lipinski definition) is 1. The van der Waals surface area contributed by atoms with Crippen molar-refractivity contribution in [3.63, 3.8) is 0 Å². The second-order valence-electron chi connectivity index (χ2n) is 5.00. The molecule has 19 heavy (non-hydrogen) atoms. The van der Waals surface area contributed by atoms with E-state index < -0.39 is 0 Å². The summed E-state index contributed by atoms with van der Waals surface area (Å²) in [4.78, 5) is 6.41. The molecule has 0 fully saturated rings. The molecule has 0 aliphatic carbocycles. The highest BCUT2D eigenvalue weighted by Gasteiger charge is 2.06. The van der Waals surface area contributed by atoms with Crippen molar-refractivity contribution in [2.24, 2.45) is 7.05 Å². The molecule has 0 aromatic carbocycles. The van der Waals surface area contributed by atoms with E-state index in [2.05, 4.69) is 21.8 Å². The molecule has 1 N–H and O–H groups in total. The summed E-state index contributed by atoms with van der Waals surface area (Å²) in [5, 5.41) is 3.43. The van der Waals surface area contributed by atoms with E-state index in [0.29, 0.717) is 0 Å². The third kappa shape index (κ3) is 5.61. The number of unbranched alkanes of at least 4 members (excludes halogenated alkanes) is 1. The molecular formula is C14H28N4O. The summed E-state index contributed by atoms with van der Waals surface area (Å²) in [7, 11) is 6.06. The molecule has 0 aliphatic heterocycles. The molecule has 1 aromatic heterocycles. The van der Waals surface area contributed by atoms with E-state index in [9.17, 15) is 0 Å². The van der Waals surface area contributed by atoms with E-state index in [1.54, 1.807) is 0 Å². The number of aromatic nitrogens is 2. The van der Waals surface area contributed by atoms with Crippen molar-refractivity contribution in [1.82, 2.24) is 14.9 Å². The average molecular weight is 268 g/mol. The SMILES string of the molecule is CCCCOCCCNCc1cnc(N(C)C)n1C. The maximum Gasteiger partial charge on any atom is 0.204 e. The minimum Gasteiger partial charge on any atom is -0.381 e. The Hall–Kier alpha value is -1.07. The summed E-state index contributed by atoms with van der Waals surface area (Å²) < 4.78 is 7.64. The van der Waals surface area contributed by atoms with Gasteiger partial charge in [-0.3, -0.25) is 0 Å². The van der Waals surface area contributed by atoms with Crippen LogP contribution in [0.5, 0.6) is 0 Å². The van der Waals surface area contributed by atoms with Gasteiger partial charge in [-0.1, -0.05) is 13.3 Å². The molecule has 0 bridgehead atoms. The number of ether oxygens (including phenoxy) is 1. The predicted molar refractivity (Wildman–Crippen MR) is 79.6 cm³/mol. The highest BCUT2D eigenvalue weighted by atomic mass is 16.5. The predicted octanol–water partition coefficient (Wildman–Crippen LogP) is 1.78. The van der Waals surface area contributed by atoms with E-state index in [0.717, 1.165) is 45.1 Å². The molecule has 0 spiro atoms. The zero-order valence-electron chi connectivity index (χ0n) is 12.8. The van der Waals surface area contributed by atoms with E-state index in [4.69, 9.17) is 4.74 Å². The third-order valence-electron chi connectivity index (χ3n) is 3.05. The normalized spacial score (nSPS) is 10.9. The maximum absolute atomic E-state index is 5.52. The van der Waals surface area contributed by atoms with Crippen LogP contribution in [0.3, 0.4) is 0 Å². The van der Waals surface area contributed by atoms with Crippen LogP contribution in [0.25, 0.3) is 0 Å². The van der Waals surface area contributed by atoms with Crippen LogP contribution in [0.1, 0.15) is 31.9 Å². The maximum atomic E-state index is 5.52. The van der Waals surface area contributed by atoms with Crippen LogP contribution in [0.15, 0.2) is 6.20 Å². The number of nitrogens with one attached hydrogen (secondary N) is 1. The standard InChI is InChI=1S/C14H28N4O/c1-5-6-9-19-10-7-8-15-11-13-12-16-14(17(2)3)18(13)4/h12,15H,5-11H2,1-4H3. The van der Waals surface area contributed by atoms with Gasteiger partial charge in [-0.2, -0.15) is 0 Å². The largest absolute Gasteiger partial charge is 0.381 e. The van der Waals surface area contributed by atoms with Crippen LogP contribution in [0, 0.1) is 0 Å². The van der Waals surface area contributed by atoms with Gasteiger partial charge in [0, 0.05) is 40.9 Å². The number of nitrogens with zero attached hydrogens (tertiary/aromatic N) is 3. The van der Waals surface area contributed by atoms with Crippen LogP contribution in [-0.4, -0.2) is 43.4 Å². The van der Waals surface area contributed by atoms with Gasteiger partial charge < -0.3 is 19.5 Å². The summed E-state index contributed by atoms with van der Waals surface area (Å²) in [5.41, 5.74) is 1.20. The van der Waals surface area contributed by atoms with Gasteiger partial charge in [-0.05, 0) is 19.4 Å². The summed E-state index contributed by atoms with van der Waals surface area (Å²) in [5.74, 6) is 0.986. The monoisotopic (exact) mass is 268 g/mol. The van der Waals surface area contributed by atoms with Crippen molar-refractivity contribution < 1.29 is 4.74 Å². The first kappa shape index (κ1) is 16.0. The Bertz CT molecular complexity index is 349. The second kappa shape index (κ2) is 8.93. The van der Waals surface area contributed by atoms with Gasteiger partial charge in [0.05, 0.1) is 11.9 Å². The lowest BCUT2D eigenvalue weighted by atomic mass is 10.3. The van der Waals surface area contributed by atoms with Crippen LogP contribution in [0.2, 0.25) is 0 Å².